The molecule has 2 unspecified atom stereocenters. The number of benzene rings is 1. The van der Waals surface area contributed by atoms with Crippen molar-refractivity contribution in [3.63, 3.8) is 0 Å². The summed E-state index contributed by atoms with van der Waals surface area (Å²) in [6.45, 7) is 3.92. The standard InChI is InChI=1S/C16H19NO3/c1-10-7-8-14(11(2)9-10)17-15(18)12-5-3-4-6-13(12)16(19)20/h3-4,7-9,12-13H,5-6H2,1-2H3,(H,17,18)(H,19,20). The number of hydrogen-bond acceptors (Lipinski definition) is 2. The second kappa shape index (κ2) is 5.90. The van der Waals surface area contributed by atoms with E-state index in [4.69, 9.17) is 0 Å². The van der Waals surface area contributed by atoms with E-state index in [1.54, 1.807) is 0 Å². The molecule has 1 aromatic rings. The number of aliphatic carboxylic acids is 1. The smallest absolute Gasteiger partial charge is 0.307 e. The minimum atomic E-state index is -0.907. The molecule has 1 aromatic carbocycles. The van der Waals surface area contributed by atoms with Gasteiger partial charge in [-0.25, -0.2) is 0 Å². The lowest BCUT2D eigenvalue weighted by Gasteiger charge is -2.24. The molecule has 4 heteroatoms. The lowest BCUT2D eigenvalue weighted by molar-refractivity contribution is -0.146. The first-order valence-corrected chi connectivity index (χ1v) is 6.75. The highest BCUT2D eigenvalue weighted by molar-refractivity contribution is 5.96. The molecule has 0 spiro atoms. The highest BCUT2D eigenvalue weighted by Gasteiger charge is 2.34. The Morgan fingerprint density at radius 2 is 1.80 bits per heavy atom. The van der Waals surface area contributed by atoms with E-state index in [0.717, 1.165) is 16.8 Å². The van der Waals surface area contributed by atoms with Gasteiger partial charge in [0.15, 0.2) is 0 Å². The van der Waals surface area contributed by atoms with Crippen molar-refractivity contribution in [3.05, 3.63) is 41.5 Å². The molecule has 2 rings (SSSR count). The van der Waals surface area contributed by atoms with E-state index in [0.29, 0.717) is 12.8 Å². The number of carbonyl (C=O) groups excluding carboxylic acids is 1. The molecule has 0 saturated heterocycles. The van der Waals surface area contributed by atoms with Gasteiger partial charge < -0.3 is 10.4 Å². The number of rotatable bonds is 3. The summed E-state index contributed by atoms with van der Waals surface area (Å²) in [5.74, 6) is -2.26. The van der Waals surface area contributed by atoms with Crippen molar-refractivity contribution in [1.82, 2.24) is 0 Å². The lowest BCUT2D eigenvalue weighted by Crippen LogP contribution is -2.34. The van der Waals surface area contributed by atoms with Crippen molar-refractivity contribution >= 4 is 17.6 Å². The third kappa shape index (κ3) is 3.07. The van der Waals surface area contributed by atoms with Crippen molar-refractivity contribution in [2.75, 3.05) is 5.32 Å². The van der Waals surface area contributed by atoms with E-state index < -0.39 is 17.8 Å². The lowest BCUT2D eigenvalue weighted by atomic mass is 9.82. The van der Waals surface area contributed by atoms with Gasteiger partial charge in [-0.2, -0.15) is 0 Å². The number of anilines is 1. The summed E-state index contributed by atoms with van der Waals surface area (Å²) in [7, 11) is 0. The summed E-state index contributed by atoms with van der Waals surface area (Å²) in [5, 5.41) is 12.1. The Bertz CT molecular complexity index is 563. The van der Waals surface area contributed by atoms with Crippen LogP contribution in [-0.4, -0.2) is 17.0 Å². The Labute approximate surface area is 118 Å². The number of carbonyl (C=O) groups is 2. The molecule has 0 radical (unpaired) electrons. The fourth-order valence-corrected chi connectivity index (χ4v) is 2.56. The second-order valence-electron chi connectivity index (χ2n) is 5.30. The Morgan fingerprint density at radius 1 is 1.15 bits per heavy atom. The quantitative estimate of drug-likeness (QED) is 0.832. The molecular formula is C16H19NO3. The van der Waals surface area contributed by atoms with Crippen LogP contribution in [0, 0.1) is 25.7 Å². The van der Waals surface area contributed by atoms with Crippen LogP contribution in [0.5, 0.6) is 0 Å². The Balaban J connectivity index is 2.14. The molecule has 0 aliphatic heterocycles. The average Bonchev–Trinajstić information content (AvgIpc) is 2.41. The SMILES string of the molecule is Cc1ccc(NC(=O)C2CC=CCC2C(=O)O)c(C)c1. The van der Waals surface area contributed by atoms with Crippen molar-refractivity contribution in [2.24, 2.45) is 11.8 Å². The summed E-state index contributed by atoms with van der Waals surface area (Å²) >= 11 is 0. The van der Waals surface area contributed by atoms with Crippen molar-refractivity contribution < 1.29 is 14.7 Å². The number of amides is 1. The second-order valence-corrected chi connectivity index (χ2v) is 5.30. The van der Waals surface area contributed by atoms with Gasteiger partial charge in [-0.15, -0.1) is 0 Å². The number of nitrogens with one attached hydrogen (secondary N) is 1. The fourth-order valence-electron chi connectivity index (χ4n) is 2.56. The molecule has 1 amide bonds. The number of carboxylic acids is 1. The fraction of sp³-hybridized carbons (Fsp3) is 0.375. The maximum Gasteiger partial charge on any atom is 0.307 e. The maximum atomic E-state index is 12.3. The largest absolute Gasteiger partial charge is 0.481 e. The summed E-state index contributed by atoms with van der Waals surface area (Å²) in [6.07, 6.45) is 4.61. The predicted octanol–water partition coefficient (Wildman–Crippen LogP) is 2.91. The molecule has 2 N–H and O–H groups in total. The Hall–Kier alpha value is -2.10. The van der Waals surface area contributed by atoms with Crippen LogP contribution in [0.3, 0.4) is 0 Å². The summed E-state index contributed by atoms with van der Waals surface area (Å²) in [6, 6.07) is 5.78. The maximum absolute atomic E-state index is 12.3. The first-order valence-electron chi connectivity index (χ1n) is 6.75. The zero-order valence-electron chi connectivity index (χ0n) is 11.7. The van der Waals surface area contributed by atoms with E-state index in [2.05, 4.69) is 5.32 Å². The first-order chi connectivity index (χ1) is 9.49. The van der Waals surface area contributed by atoms with Gasteiger partial charge in [-0.1, -0.05) is 29.8 Å². The molecule has 0 saturated carbocycles. The first kappa shape index (κ1) is 14.3. The molecule has 1 aliphatic carbocycles. The highest BCUT2D eigenvalue weighted by atomic mass is 16.4. The van der Waals surface area contributed by atoms with Gasteiger partial charge in [0.05, 0.1) is 11.8 Å². The van der Waals surface area contributed by atoms with Crippen LogP contribution in [0.1, 0.15) is 24.0 Å². The van der Waals surface area contributed by atoms with Gasteiger partial charge in [-0.3, -0.25) is 9.59 Å². The molecule has 1 aliphatic rings. The van der Waals surface area contributed by atoms with Crippen molar-refractivity contribution in [2.45, 2.75) is 26.7 Å². The van der Waals surface area contributed by atoms with E-state index in [-0.39, 0.29) is 5.91 Å². The zero-order chi connectivity index (χ0) is 14.7. The monoisotopic (exact) mass is 273 g/mol. The minimum Gasteiger partial charge on any atom is -0.481 e. The summed E-state index contributed by atoms with van der Waals surface area (Å²) in [4.78, 5) is 23.5. The number of carboxylic acid groups (broad SMARTS) is 1. The molecule has 106 valence electrons. The van der Waals surface area contributed by atoms with Crippen LogP contribution in [0.4, 0.5) is 5.69 Å². The normalized spacial score (nSPS) is 21.5. The van der Waals surface area contributed by atoms with Crippen molar-refractivity contribution in [1.29, 1.82) is 0 Å². The van der Waals surface area contributed by atoms with Crippen LogP contribution in [0.15, 0.2) is 30.4 Å². The third-order valence-corrected chi connectivity index (χ3v) is 3.73. The Kier molecular flexibility index (Phi) is 4.23. The summed E-state index contributed by atoms with van der Waals surface area (Å²) < 4.78 is 0. The van der Waals surface area contributed by atoms with Crippen LogP contribution < -0.4 is 5.32 Å². The molecule has 0 bridgehead atoms. The predicted molar refractivity (Wildman–Crippen MR) is 77.5 cm³/mol. The Morgan fingerprint density at radius 3 is 2.40 bits per heavy atom. The number of hydrogen-bond donors (Lipinski definition) is 2. The van der Waals surface area contributed by atoms with Gasteiger partial charge in [0.1, 0.15) is 0 Å². The zero-order valence-corrected chi connectivity index (χ0v) is 11.7. The molecular weight excluding hydrogens is 254 g/mol. The van der Waals surface area contributed by atoms with E-state index >= 15 is 0 Å². The van der Waals surface area contributed by atoms with E-state index in [9.17, 15) is 14.7 Å². The number of allylic oxidation sites excluding steroid dienone is 2. The minimum absolute atomic E-state index is 0.214. The molecule has 20 heavy (non-hydrogen) atoms. The van der Waals surface area contributed by atoms with Gasteiger partial charge in [-0.05, 0) is 38.3 Å². The van der Waals surface area contributed by atoms with Gasteiger partial charge in [0, 0.05) is 5.69 Å². The van der Waals surface area contributed by atoms with Crippen LogP contribution in [-0.2, 0) is 9.59 Å². The number of aryl methyl sites for hydroxylation is 2. The molecule has 0 heterocycles. The highest BCUT2D eigenvalue weighted by Crippen LogP contribution is 2.28. The van der Waals surface area contributed by atoms with E-state index in [1.807, 2.05) is 44.2 Å². The van der Waals surface area contributed by atoms with Crippen LogP contribution >= 0.6 is 0 Å². The molecule has 0 fully saturated rings. The average molecular weight is 273 g/mol. The topological polar surface area (TPSA) is 66.4 Å². The molecule has 2 atom stereocenters. The van der Waals surface area contributed by atoms with Gasteiger partial charge in [0.2, 0.25) is 5.91 Å². The van der Waals surface area contributed by atoms with Gasteiger partial charge in [0.25, 0.3) is 0 Å². The molecule has 4 nitrogen and oxygen atoms in total. The molecule has 0 aromatic heterocycles. The van der Waals surface area contributed by atoms with E-state index in [1.165, 1.54) is 0 Å². The van der Waals surface area contributed by atoms with Crippen LogP contribution in [0.2, 0.25) is 0 Å². The van der Waals surface area contributed by atoms with Gasteiger partial charge >= 0.3 is 5.97 Å². The van der Waals surface area contributed by atoms with Crippen LogP contribution in [0.25, 0.3) is 0 Å². The summed E-state index contributed by atoms with van der Waals surface area (Å²) in [5.41, 5.74) is 2.86. The van der Waals surface area contributed by atoms with Crippen molar-refractivity contribution in [3.8, 4) is 0 Å². The third-order valence-electron chi connectivity index (χ3n) is 3.73.